The summed E-state index contributed by atoms with van der Waals surface area (Å²) >= 11 is 0. The summed E-state index contributed by atoms with van der Waals surface area (Å²) in [5.41, 5.74) is 8.97. The third-order valence-electron chi connectivity index (χ3n) is 2.62. The lowest BCUT2D eigenvalue weighted by atomic mass is 10.1. The van der Waals surface area contributed by atoms with Gasteiger partial charge in [0.05, 0.1) is 5.52 Å². The van der Waals surface area contributed by atoms with Gasteiger partial charge in [-0.2, -0.15) is 0 Å². The highest BCUT2D eigenvalue weighted by Gasteiger charge is 2.02. The van der Waals surface area contributed by atoms with Gasteiger partial charge in [0, 0.05) is 18.5 Å². The van der Waals surface area contributed by atoms with Crippen molar-refractivity contribution in [1.82, 2.24) is 4.98 Å². The van der Waals surface area contributed by atoms with E-state index < -0.39 is 0 Å². The molecule has 0 spiro atoms. The molecule has 1 aromatic carbocycles. The Morgan fingerprint density at radius 1 is 1.25 bits per heavy atom. The van der Waals surface area contributed by atoms with E-state index in [1.165, 1.54) is 16.5 Å². The van der Waals surface area contributed by atoms with Crippen LogP contribution in [0.4, 0.5) is 5.82 Å². The Bertz CT molecular complexity index is 506. The number of hydrogen-bond donors (Lipinski definition) is 2. The first-order valence-corrected chi connectivity index (χ1v) is 5.52. The smallest absolute Gasteiger partial charge is 0.126 e. The molecule has 0 fully saturated rings. The summed E-state index contributed by atoms with van der Waals surface area (Å²) < 4.78 is 0. The van der Waals surface area contributed by atoms with Crippen molar-refractivity contribution in [2.24, 2.45) is 5.73 Å². The summed E-state index contributed by atoms with van der Waals surface area (Å²) in [6, 6.07) is 8.41. The zero-order valence-corrected chi connectivity index (χ0v) is 9.75. The third-order valence-corrected chi connectivity index (χ3v) is 2.62. The van der Waals surface area contributed by atoms with Gasteiger partial charge in [0.25, 0.3) is 0 Å². The van der Waals surface area contributed by atoms with Crippen molar-refractivity contribution in [3.05, 3.63) is 35.4 Å². The molecule has 0 saturated heterocycles. The Morgan fingerprint density at radius 2 is 2.06 bits per heavy atom. The molecule has 0 saturated carbocycles. The molecule has 0 radical (unpaired) electrons. The van der Waals surface area contributed by atoms with Crippen molar-refractivity contribution < 1.29 is 0 Å². The number of rotatable bonds is 3. The number of fused-ring (bicyclic) bond motifs is 1. The number of aryl methyl sites for hydroxylation is 2. The van der Waals surface area contributed by atoms with E-state index in [2.05, 4.69) is 48.4 Å². The Labute approximate surface area is 95.7 Å². The predicted octanol–water partition coefficient (Wildman–Crippen LogP) is 2.22. The largest absolute Gasteiger partial charge is 0.369 e. The lowest BCUT2D eigenvalue weighted by Gasteiger charge is -2.08. The first kappa shape index (κ1) is 10.9. The molecular weight excluding hydrogens is 198 g/mol. The standard InChI is InChI=1S/C13H17N3/c1-9-3-4-11-10(2)8-13(15-6-5-14)16-12(11)7-9/h3-4,7-8H,5-6,14H2,1-2H3,(H,15,16). The van der Waals surface area contributed by atoms with E-state index in [1.54, 1.807) is 0 Å². The van der Waals surface area contributed by atoms with Gasteiger partial charge >= 0.3 is 0 Å². The molecular formula is C13H17N3. The average Bonchev–Trinajstić information content (AvgIpc) is 2.25. The molecule has 0 unspecified atom stereocenters. The van der Waals surface area contributed by atoms with E-state index in [-0.39, 0.29) is 0 Å². The molecule has 2 aromatic rings. The van der Waals surface area contributed by atoms with Crippen LogP contribution in [-0.4, -0.2) is 18.1 Å². The average molecular weight is 215 g/mol. The van der Waals surface area contributed by atoms with Gasteiger partial charge in [0.1, 0.15) is 5.82 Å². The predicted molar refractivity (Wildman–Crippen MR) is 68.8 cm³/mol. The lowest BCUT2D eigenvalue weighted by molar-refractivity contribution is 1.01. The van der Waals surface area contributed by atoms with Gasteiger partial charge in [0.15, 0.2) is 0 Å². The van der Waals surface area contributed by atoms with Crippen LogP contribution in [0.2, 0.25) is 0 Å². The van der Waals surface area contributed by atoms with Gasteiger partial charge in [0.2, 0.25) is 0 Å². The first-order chi connectivity index (χ1) is 7.70. The zero-order valence-electron chi connectivity index (χ0n) is 9.75. The fourth-order valence-electron chi connectivity index (χ4n) is 1.80. The molecule has 2 rings (SSSR count). The maximum Gasteiger partial charge on any atom is 0.126 e. The van der Waals surface area contributed by atoms with Crippen LogP contribution >= 0.6 is 0 Å². The number of hydrogen-bond acceptors (Lipinski definition) is 3. The second-order valence-corrected chi connectivity index (χ2v) is 4.06. The van der Waals surface area contributed by atoms with Gasteiger partial charge in [-0.05, 0) is 37.1 Å². The summed E-state index contributed by atoms with van der Waals surface area (Å²) in [4.78, 5) is 4.57. The van der Waals surface area contributed by atoms with Crippen molar-refractivity contribution in [2.45, 2.75) is 13.8 Å². The van der Waals surface area contributed by atoms with E-state index in [9.17, 15) is 0 Å². The molecule has 0 aliphatic heterocycles. The highest BCUT2D eigenvalue weighted by atomic mass is 15.0. The van der Waals surface area contributed by atoms with Crippen LogP contribution < -0.4 is 11.1 Å². The van der Waals surface area contributed by atoms with Gasteiger partial charge in [-0.1, -0.05) is 12.1 Å². The van der Waals surface area contributed by atoms with Crippen LogP contribution in [0, 0.1) is 13.8 Å². The van der Waals surface area contributed by atoms with Gasteiger partial charge in [-0.3, -0.25) is 0 Å². The molecule has 0 amide bonds. The van der Waals surface area contributed by atoms with Gasteiger partial charge in [-0.15, -0.1) is 0 Å². The number of pyridine rings is 1. The van der Waals surface area contributed by atoms with E-state index in [4.69, 9.17) is 5.73 Å². The maximum atomic E-state index is 5.46. The zero-order chi connectivity index (χ0) is 11.5. The molecule has 84 valence electrons. The highest BCUT2D eigenvalue weighted by molar-refractivity contribution is 5.84. The number of aromatic nitrogens is 1. The fourth-order valence-corrected chi connectivity index (χ4v) is 1.80. The lowest BCUT2D eigenvalue weighted by Crippen LogP contribution is -2.14. The van der Waals surface area contributed by atoms with Crippen LogP contribution in [0.15, 0.2) is 24.3 Å². The van der Waals surface area contributed by atoms with Crippen molar-refractivity contribution in [3.63, 3.8) is 0 Å². The normalized spacial score (nSPS) is 10.7. The van der Waals surface area contributed by atoms with Crippen LogP contribution in [0.3, 0.4) is 0 Å². The number of nitrogens with two attached hydrogens (primary N) is 1. The summed E-state index contributed by atoms with van der Waals surface area (Å²) in [7, 11) is 0. The first-order valence-electron chi connectivity index (χ1n) is 5.52. The topological polar surface area (TPSA) is 50.9 Å². The molecule has 0 atom stereocenters. The highest BCUT2D eigenvalue weighted by Crippen LogP contribution is 2.20. The molecule has 16 heavy (non-hydrogen) atoms. The van der Waals surface area contributed by atoms with Gasteiger partial charge < -0.3 is 11.1 Å². The SMILES string of the molecule is Cc1ccc2c(C)cc(NCCN)nc2c1. The van der Waals surface area contributed by atoms with E-state index in [1.807, 2.05) is 0 Å². The monoisotopic (exact) mass is 215 g/mol. The number of nitrogens with zero attached hydrogens (tertiary/aromatic N) is 1. The molecule has 3 nitrogen and oxygen atoms in total. The Hall–Kier alpha value is -1.61. The summed E-state index contributed by atoms with van der Waals surface area (Å²) in [6.07, 6.45) is 0. The van der Waals surface area contributed by atoms with Gasteiger partial charge in [-0.25, -0.2) is 4.98 Å². The molecule has 1 aromatic heterocycles. The Morgan fingerprint density at radius 3 is 2.81 bits per heavy atom. The van der Waals surface area contributed by atoms with Crippen LogP contribution in [0.5, 0.6) is 0 Å². The molecule has 1 heterocycles. The second-order valence-electron chi connectivity index (χ2n) is 4.06. The van der Waals surface area contributed by atoms with E-state index in [0.29, 0.717) is 6.54 Å². The van der Waals surface area contributed by atoms with E-state index in [0.717, 1.165) is 17.9 Å². The second kappa shape index (κ2) is 4.49. The number of anilines is 1. The minimum atomic E-state index is 0.618. The van der Waals surface area contributed by atoms with Crippen molar-refractivity contribution in [1.29, 1.82) is 0 Å². The summed E-state index contributed by atoms with van der Waals surface area (Å²) in [5.74, 6) is 0.904. The minimum Gasteiger partial charge on any atom is -0.369 e. The van der Waals surface area contributed by atoms with Crippen LogP contribution in [-0.2, 0) is 0 Å². The fraction of sp³-hybridized carbons (Fsp3) is 0.308. The number of benzene rings is 1. The number of nitrogens with one attached hydrogen (secondary N) is 1. The maximum absolute atomic E-state index is 5.46. The third kappa shape index (κ3) is 2.14. The van der Waals surface area contributed by atoms with Crippen molar-refractivity contribution in [3.8, 4) is 0 Å². The quantitative estimate of drug-likeness (QED) is 0.825. The summed E-state index contributed by atoms with van der Waals surface area (Å²) in [5, 5.41) is 4.42. The molecule has 0 aliphatic rings. The minimum absolute atomic E-state index is 0.618. The molecule has 0 aliphatic carbocycles. The Balaban J connectivity index is 2.47. The summed E-state index contributed by atoms with van der Waals surface area (Å²) in [6.45, 7) is 5.56. The van der Waals surface area contributed by atoms with Crippen molar-refractivity contribution >= 4 is 16.7 Å². The molecule has 3 heteroatoms. The van der Waals surface area contributed by atoms with Crippen molar-refractivity contribution in [2.75, 3.05) is 18.4 Å². The van der Waals surface area contributed by atoms with Crippen LogP contribution in [0.25, 0.3) is 10.9 Å². The Kier molecular flexibility index (Phi) is 3.06. The molecule has 0 bridgehead atoms. The van der Waals surface area contributed by atoms with Crippen LogP contribution in [0.1, 0.15) is 11.1 Å². The molecule has 3 N–H and O–H groups in total. The van der Waals surface area contributed by atoms with E-state index >= 15 is 0 Å².